The summed E-state index contributed by atoms with van der Waals surface area (Å²) in [5.41, 5.74) is 8.59. The third-order valence-corrected chi connectivity index (χ3v) is 5.80. The lowest BCUT2D eigenvalue weighted by atomic mass is 10.0. The van der Waals surface area contributed by atoms with Gasteiger partial charge in [-0.05, 0) is 42.9 Å². The predicted octanol–water partition coefficient (Wildman–Crippen LogP) is 2.30. The van der Waals surface area contributed by atoms with Gasteiger partial charge in [0.1, 0.15) is 23.6 Å². The number of aromatic nitrogens is 4. The fourth-order valence-corrected chi connectivity index (χ4v) is 4.13. The van der Waals surface area contributed by atoms with Crippen molar-refractivity contribution in [2.24, 2.45) is 0 Å². The largest absolute Gasteiger partial charge is 0.494 e. The molecule has 4 aromatic rings. The summed E-state index contributed by atoms with van der Waals surface area (Å²) < 4.78 is 7.43. The standard InChI is InChI=1S/C22H24N6O2/c1-3-30-16-7-6-13-8-15(5-4-14(13)9-16)20-19-21(23)24-12-25-22(19)28(26-20)10-17-18(29)11-27(17)2/h4-9,12,17-18,29H,3,10-11H2,1-2H3,(H2,23,24,25). The van der Waals surface area contributed by atoms with Crippen molar-refractivity contribution in [3.8, 4) is 17.0 Å². The first-order valence-electron chi connectivity index (χ1n) is 10.1. The molecule has 0 bridgehead atoms. The van der Waals surface area contributed by atoms with E-state index in [4.69, 9.17) is 15.6 Å². The molecule has 154 valence electrons. The number of ether oxygens (including phenoxy) is 1. The number of nitrogen functional groups attached to an aromatic ring is 1. The van der Waals surface area contributed by atoms with Crippen LogP contribution in [0.25, 0.3) is 33.1 Å². The second-order valence-electron chi connectivity index (χ2n) is 7.72. The molecule has 8 heteroatoms. The fraction of sp³-hybridized carbons (Fsp3) is 0.318. The molecule has 2 aromatic heterocycles. The van der Waals surface area contributed by atoms with E-state index in [0.717, 1.165) is 33.2 Å². The van der Waals surface area contributed by atoms with Gasteiger partial charge in [-0.1, -0.05) is 18.2 Å². The molecule has 1 aliphatic heterocycles. The molecule has 0 amide bonds. The van der Waals surface area contributed by atoms with E-state index < -0.39 is 0 Å². The predicted molar refractivity (Wildman–Crippen MR) is 116 cm³/mol. The summed E-state index contributed by atoms with van der Waals surface area (Å²) in [6, 6.07) is 12.2. The summed E-state index contributed by atoms with van der Waals surface area (Å²) in [4.78, 5) is 10.7. The van der Waals surface area contributed by atoms with E-state index in [1.165, 1.54) is 6.33 Å². The van der Waals surface area contributed by atoms with Crippen LogP contribution in [-0.2, 0) is 6.54 Å². The van der Waals surface area contributed by atoms with Crippen LogP contribution in [0, 0.1) is 0 Å². The number of benzene rings is 2. The van der Waals surface area contributed by atoms with Crippen LogP contribution < -0.4 is 10.5 Å². The molecule has 30 heavy (non-hydrogen) atoms. The lowest BCUT2D eigenvalue weighted by molar-refractivity contribution is -0.0530. The Bertz CT molecular complexity index is 1230. The molecular weight excluding hydrogens is 380 g/mol. The third-order valence-electron chi connectivity index (χ3n) is 5.80. The van der Waals surface area contributed by atoms with E-state index in [9.17, 15) is 5.11 Å². The number of nitrogens with two attached hydrogens (primary N) is 1. The van der Waals surface area contributed by atoms with Crippen molar-refractivity contribution in [2.45, 2.75) is 25.6 Å². The molecule has 0 aliphatic carbocycles. The SMILES string of the molecule is CCOc1ccc2cc(-c3nn(CC4C(O)CN4C)c4ncnc(N)c34)ccc2c1. The third kappa shape index (κ3) is 3.05. The second kappa shape index (κ2) is 7.23. The van der Waals surface area contributed by atoms with Gasteiger partial charge in [-0.2, -0.15) is 5.10 Å². The molecule has 0 radical (unpaired) electrons. The van der Waals surface area contributed by atoms with Gasteiger partial charge in [0.05, 0.1) is 30.7 Å². The number of fused-ring (bicyclic) bond motifs is 2. The van der Waals surface area contributed by atoms with Crippen molar-refractivity contribution < 1.29 is 9.84 Å². The summed E-state index contributed by atoms with van der Waals surface area (Å²) in [7, 11) is 1.99. The van der Waals surface area contributed by atoms with Crippen LogP contribution in [0.1, 0.15) is 6.92 Å². The second-order valence-corrected chi connectivity index (χ2v) is 7.72. The number of likely N-dealkylation sites (tertiary alicyclic amines) is 1. The maximum Gasteiger partial charge on any atom is 0.164 e. The molecule has 1 saturated heterocycles. The van der Waals surface area contributed by atoms with Crippen LogP contribution in [-0.4, -0.2) is 62.1 Å². The van der Waals surface area contributed by atoms with E-state index in [1.807, 2.05) is 42.9 Å². The Morgan fingerprint density at radius 3 is 2.73 bits per heavy atom. The van der Waals surface area contributed by atoms with Gasteiger partial charge in [-0.15, -0.1) is 0 Å². The number of hydrogen-bond donors (Lipinski definition) is 2. The van der Waals surface area contributed by atoms with Crippen LogP contribution in [0.5, 0.6) is 5.75 Å². The van der Waals surface area contributed by atoms with Gasteiger partial charge in [0.25, 0.3) is 0 Å². The molecule has 2 unspecified atom stereocenters. The Hall–Kier alpha value is -3.23. The summed E-state index contributed by atoms with van der Waals surface area (Å²) in [5.74, 6) is 1.25. The molecule has 5 rings (SSSR count). The fourth-order valence-electron chi connectivity index (χ4n) is 4.13. The van der Waals surface area contributed by atoms with Crippen molar-refractivity contribution in [1.82, 2.24) is 24.6 Å². The van der Waals surface area contributed by atoms with Crippen LogP contribution in [0.4, 0.5) is 5.82 Å². The Balaban J connectivity index is 1.60. The van der Waals surface area contributed by atoms with Gasteiger partial charge in [0.2, 0.25) is 0 Å². The zero-order valence-corrected chi connectivity index (χ0v) is 17.0. The number of β-amino-alcohol motifs (C(OH)–C–C–N with tert-alkyl or cyclic N) is 1. The average molecular weight is 404 g/mol. The van der Waals surface area contributed by atoms with E-state index in [1.54, 1.807) is 0 Å². The van der Waals surface area contributed by atoms with Gasteiger partial charge < -0.3 is 15.6 Å². The lowest BCUT2D eigenvalue weighted by Gasteiger charge is -2.42. The highest BCUT2D eigenvalue weighted by Gasteiger charge is 2.35. The van der Waals surface area contributed by atoms with Crippen molar-refractivity contribution in [2.75, 3.05) is 25.9 Å². The van der Waals surface area contributed by atoms with Crippen LogP contribution >= 0.6 is 0 Å². The summed E-state index contributed by atoms with van der Waals surface area (Å²) in [6.45, 7) is 3.82. The Morgan fingerprint density at radius 1 is 1.17 bits per heavy atom. The Morgan fingerprint density at radius 2 is 1.97 bits per heavy atom. The number of hydrogen-bond acceptors (Lipinski definition) is 7. The highest BCUT2D eigenvalue weighted by Crippen LogP contribution is 2.33. The molecule has 2 aromatic carbocycles. The molecule has 0 spiro atoms. The van der Waals surface area contributed by atoms with Gasteiger partial charge in [-0.25, -0.2) is 14.6 Å². The van der Waals surface area contributed by atoms with E-state index in [0.29, 0.717) is 31.2 Å². The Labute approximate surface area is 173 Å². The van der Waals surface area contributed by atoms with Crippen LogP contribution in [0.15, 0.2) is 42.7 Å². The van der Waals surface area contributed by atoms with E-state index >= 15 is 0 Å². The van der Waals surface area contributed by atoms with E-state index in [2.05, 4.69) is 27.0 Å². The Kier molecular flexibility index (Phi) is 4.52. The first-order valence-corrected chi connectivity index (χ1v) is 10.1. The molecule has 0 saturated carbocycles. The number of anilines is 1. The summed E-state index contributed by atoms with van der Waals surface area (Å²) >= 11 is 0. The van der Waals surface area contributed by atoms with Gasteiger partial charge in [0, 0.05) is 12.1 Å². The zero-order chi connectivity index (χ0) is 20.8. The highest BCUT2D eigenvalue weighted by molar-refractivity contribution is 6.00. The quantitative estimate of drug-likeness (QED) is 0.526. The molecule has 1 aliphatic rings. The number of aliphatic hydroxyl groups is 1. The highest BCUT2D eigenvalue weighted by atomic mass is 16.5. The summed E-state index contributed by atoms with van der Waals surface area (Å²) in [6.07, 6.45) is 1.09. The molecule has 3 N–H and O–H groups in total. The minimum Gasteiger partial charge on any atom is -0.494 e. The molecule has 2 atom stereocenters. The van der Waals surface area contributed by atoms with Crippen molar-refractivity contribution in [1.29, 1.82) is 0 Å². The molecule has 8 nitrogen and oxygen atoms in total. The monoisotopic (exact) mass is 404 g/mol. The molecule has 3 heterocycles. The maximum atomic E-state index is 10.1. The van der Waals surface area contributed by atoms with E-state index in [-0.39, 0.29) is 12.1 Å². The number of nitrogens with zero attached hydrogens (tertiary/aromatic N) is 5. The van der Waals surface area contributed by atoms with Crippen LogP contribution in [0.2, 0.25) is 0 Å². The average Bonchev–Trinajstić information content (AvgIpc) is 3.12. The summed E-state index contributed by atoms with van der Waals surface area (Å²) in [5, 5.41) is 17.9. The number of likely N-dealkylation sites (N-methyl/N-ethyl adjacent to an activating group) is 1. The maximum absolute atomic E-state index is 10.1. The topological polar surface area (TPSA) is 102 Å². The van der Waals surface area contributed by atoms with Crippen molar-refractivity contribution >= 4 is 27.6 Å². The van der Waals surface area contributed by atoms with Crippen molar-refractivity contribution in [3.63, 3.8) is 0 Å². The minimum absolute atomic E-state index is 0.00531. The lowest BCUT2D eigenvalue weighted by Crippen LogP contribution is -2.59. The number of rotatable bonds is 5. The van der Waals surface area contributed by atoms with Gasteiger partial charge >= 0.3 is 0 Å². The van der Waals surface area contributed by atoms with Gasteiger partial charge in [-0.3, -0.25) is 4.90 Å². The van der Waals surface area contributed by atoms with Gasteiger partial charge in [0.15, 0.2) is 5.65 Å². The molecular formula is C22H24N6O2. The van der Waals surface area contributed by atoms with Crippen molar-refractivity contribution in [3.05, 3.63) is 42.7 Å². The van der Waals surface area contributed by atoms with Crippen LogP contribution in [0.3, 0.4) is 0 Å². The normalized spacial score (nSPS) is 19.3. The zero-order valence-electron chi connectivity index (χ0n) is 17.0. The first kappa shape index (κ1) is 18.8. The first-order chi connectivity index (χ1) is 14.5. The number of aliphatic hydroxyl groups excluding tert-OH is 1. The minimum atomic E-state index is -0.364. The molecule has 1 fully saturated rings. The smallest absolute Gasteiger partial charge is 0.164 e.